The van der Waals surface area contributed by atoms with Gasteiger partial charge in [-0.15, -0.1) is 0 Å². The first-order chi connectivity index (χ1) is 11.9. The van der Waals surface area contributed by atoms with Crippen LogP contribution in [0.15, 0.2) is 36.4 Å². The molecule has 0 bridgehead atoms. The molecule has 2 aromatic carbocycles. The van der Waals surface area contributed by atoms with Crippen molar-refractivity contribution < 1.29 is 22.7 Å². The highest BCUT2D eigenvalue weighted by Gasteiger charge is 2.34. The first-order valence-corrected chi connectivity index (χ1v) is 8.16. The van der Waals surface area contributed by atoms with Gasteiger partial charge in [-0.1, -0.05) is 23.8 Å². The van der Waals surface area contributed by atoms with Crippen LogP contribution in [0.25, 0.3) is 11.1 Å². The van der Waals surface area contributed by atoms with Crippen LogP contribution in [0.4, 0.5) is 23.7 Å². The summed E-state index contributed by atoms with van der Waals surface area (Å²) in [5.74, 6) is 0. The number of halogens is 3. The van der Waals surface area contributed by atoms with Gasteiger partial charge in [-0.3, -0.25) is 5.32 Å². The van der Waals surface area contributed by atoms with E-state index in [1.165, 1.54) is 6.07 Å². The lowest BCUT2D eigenvalue weighted by Crippen LogP contribution is -2.27. The molecule has 0 spiro atoms. The smallest absolute Gasteiger partial charge is 0.417 e. The van der Waals surface area contributed by atoms with Crippen molar-refractivity contribution in [1.29, 1.82) is 0 Å². The molecular weight excluding hydrogens is 343 g/mol. The Labute approximate surface area is 151 Å². The molecule has 2 rings (SSSR count). The van der Waals surface area contributed by atoms with Crippen LogP contribution >= 0.6 is 0 Å². The number of hydrogen-bond acceptors (Lipinski definition) is 2. The molecule has 0 heterocycles. The molecule has 3 nitrogen and oxygen atoms in total. The van der Waals surface area contributed by atoms with Crippen molar-refractivity contribution >= 4 is 11.8 Å². The van der Waals surface area contributed by atoms with E-state index in [-0.39, 0.29) is 5.56 Å². The van der Waals surface area contributed by atoms with Gasteiger partial charge in [-0.05, 0) is 69.5 Å². The number of carbonyl (C=O) groups is 1. The molecule has 0 aliphatic carbocycles. The maximum absolute atomic E-state index is 13.4. The van der Waals surface area contributed by atoms with E-state index >= 15 is 0 Å². The maximum Gasteiger partial charge on any atom is 0.417 e. The normalized spacial score (nSPS) is 12.0. The Morgan fingerprint density at radius 3 is 2.12 bits per heavy atom. The van der Waals surface area contributed by atoms with Crippen molar-refractivity contribution in [2.24, 2.45) is 0 Å². The van der Waals surface area contributed by atoms with Crippen molar-refractivity contribution in [2.45, 2.75) is 46.4 Å². The summed E-state index contributed by atoms with van der Waals surface area (Å²) < 4.78 is 45.3. The second-order valence-corrected chi connectivity index (χ2v) is 7.20. The highest BCUT2D eigenvalue weighted by Crippen LogP contribution is 2.39. The van der Waals surface area contributed by atoms with Crippen LogP contribution in [0.3, 0.4) is 0 Å². The van der Waals surface area contributed by atoms with Crippen molar-refractivity contribution in [3.63, 3.8) is 0 Å². The van der Waals surface area contributed by atoms with E-state index in [0.29, 0.717) is 22.4 Å². The van der Waals surface area contributed by atoms with E-state index in [2.05, 4.69) is 5.32 Å². The summed E-state index contributed by atoms with van der Waals surface area (Å²) in [6, 6.07) is 9.02. The molecule has 1 N–H and O–H groups in total. The van der Waals surface area contributed by atoms with E-state index < -0.39 is 23.4 Å². The number of hydrogen-bond donors (Lipinski definition) is 1. The number of anilines is 1. The molecule has 0 aliphatic heterocycles. The van der Waals surface area contributed by atoms with Crippen LogP contribution in [0.1, 0.15) is 37.5 Å². The highest BCUT2D eigenvalue weighted by molar-refractivity contribution is 5.86. The minimum atomic E-state index is -4.44. The molecule has 0 atom stereocenters. The Kier molecular flexibility index (Phi) is 5.35. The van der Waals surface area contributed by atoms with Gasteiger partial charge < -0.3 is 4.74 Å². The molecule has 140 valence electrons. The Morgan fingerprint density at radius 1 is 0.962 bits per heavy atom. The highest BCUT2D eigenvalue weighted by atomic mass is 19.4. The number of nitrogens with one attached hydrogen (secondary N) is 1. The van der Waals surface area contributed by atoms with Gasteiger partial charge in [0.15, 0.2) is 0 Å². The Hall–Kier alpha value is -2.50. The Morgan fingerprint density at radius 2 is 1.58 bits per heavy atom. The van der Waals surface area contributed by atoms with Crippen molar-refractivity contribution in [3.8, 4) is 11.1 Å². The van der Waals surface area contributed by atoms with Gasteiger partial charge in [0, 0.05) is 5.69 Å². The summed E-state index contributed by atoms with van der Waals surface area (Å²) in [6.07, 6.45) is -5.06. The lowest BCUT2D eigenvalue weighted by Gasteiger charge is -2.20. The number of benzene rings is 2. The number of aryl methyl sites for hydroxylation is 2. The van der Waals surface area contributed by atoms with Crippen LogP contribution in [0.5, 0.6) is 0 Å². The average molecular weight is 365 g/mol. The van der Waals surface area contributed by atoms with Crippen LogP contribution in [0.2, 0.25) is 0 Å². The van der Waals surface area contributed by atoms with E-state index in [1.54, 1.807) is 58.9 Å². The molecule has 0 saturated carbocycles. The summed E-state index contributed by atoms with van der Waals surface area (Å²) in [6.45, 7) is 8.57. The number of amides is 1. The molecular formula is C20H22F3NO2. The third-order valence-corrected chi connectivity index (χ3v) is 3.64. The molecule has 0 aliphatic rings. The molecule has 26 heavy (non-hydrogen) atoms. The van der Waals surface area contributed by atoms with Crippen LogP contribution in [-0.2, 0) is 10.9 Å². The zero-order chi connectivity index (χ0) is 19.7. The van der Waals surface area contributed by atoms with E-state index in [0.717, 1.165) is 6.07 Å². The fourth-order valence-electron chi connectivity index (χ4n) is 2.59. The third-order valence-electron chi connectivity index (χ3n) is 3.64. The minimum absolute atomic E-state index is 0.115. The predicted octanol–water partition coefficient (Wildman–Crippen LogP) is 6.34. The van der Waals surface area contributed by atoms with Gasteiger partial charge in [0.25, 0.3) is 0 Å². The first kappa shape index (κ1) is 19.8. The van der Waals surface area contributed by atoms with Gasteiger partial charge in [0.05, 0.1) is 5.56 Å². The number of ether oxygens (including phenoxy) is 1. The van der Waals surface area contributed by atoms with Gasteiger partial charge in [0.2, 0.25) is 0 Å². The largest absolute Gasteiger partial charge is 0.444 e. The maximum atomic E-state index is 13.4. The van der Waals surface area contributed by atoms with Crippen LogP contribution in [-0.4, -0.2) is 11.7 Å². The summed E-state index contributed by atoms with van der Waals surface area (Å²) in [5.41, 5.74) is 0.892. The Bertz CT molecular complexity index is 821. The standard InChI is InChI=1S/C20H22F3NO2/c1-12-6-8-16(17(10-12)20(21,22)23)15-9-7-14(11-13(15)2)24-18(25)26-19(3,4)5/h6-11H,1-5H3,(H,24,25). The zero-order valence-electron chi connectivity index (χ0n) is 15.4. The summed E-state index contributed by atoms with van der Waals surface area (Å²) in [4.78, 5) is 11.8. The van der Waals surface area contributed by atoms with Crippen LogP contribution < -0.4 is 5.32 Å². The average Bonchev–Trinajstić information content (AvgIpc) is 2.45. The van der Waals surface area contributed by atoms with E-state index in [4.69, 9.17) is 4.74 Å². The monoisotopic (exact) mass is 365 g/mol. The molecule has 2 aromatic rings. The minimum Gasteiger partial charge on any atom is -0.444 e. The summed E-state index contributed by atoms with van der Waals surface area (Å²) in [5, 5.41) is 2.59. The Balaban J connectivity index is 2.36. The lowest BCUT2D eigenvalue weighted by atomic mass is 9.94. The zero-order valence-corrected chi connectivity index (χ0v) is 15.4. The lowest BCUT2D eigenvalue weighted by molar-refractivity contribution is -0.137. The molecule has 0 saturated heterocycles. The number of rotatable bonds is 2. The van der Waals surface area contributed by atoms with Gasteiger partial charge in [-0.25, -0.2) is 4.79 Å². The summed E-state index contributed by atoms with van der Waals surface area (Å²) in [7, 11) is 0. The SMILES string of the molecule is Cc1ccc(-c2ccc(NC(=O)OC(C)(C)C)cc2C)c(C(F)(F)F)c1. The molecule has 0 unspecified atom stereocenters. The van der Waals surface area contributed by atoms with E-state index in [1.807, 2.05) is 0 Å². The third kappa shape index (κ3) is 5.00. The molecule has 0 radical (unpaired) electrons. The van der Waals surface area contributed by atoms with Crippen molar-refractivity contribution in [1.82, 2.24) is 0 Å². The fraction of sp³-hybridized carbons (Fsp3) is 0.350. The second-order valence-electron chi connectivity index (χ2n) is 7.20. The molecule has 0 aromatic heterocycles. The van der Waals surface area contributed by atoms with E-state index in [9.17, 15) is 18.0 Å². The number of carbonyl (C=O) groups excluding carboxylic acids is 1. The first-order valence-electron chi connectivity index (χ1n) is 8.16. The molecule has 1 amide bonds. The number of alkyl halides is 3. The predicted molar refractivity (Wildman–Crippen MR) is 96.2 cm³/mol. The second kappa shape index (κ2) is 7.02. The van der Waals surface area contributed by atoms with Gasteiger partial charge in [-0.2, -0.15) is 13.2 Å². The molecule has 0 fully saturated rings. The molecule has 6 heteroatoms. The van der Waals surface area contributed by atoms with Gasteiger partial charge in [0.1, 0.15) is 5.60 Å². The summed E-state index contributed by atoms with van der Waals surface area (Å²) >= 11 is 0. The van der Waals surface area contributed by atoms with Gasteiger partial charge >= 0.3 is 12.3 Å². The van der Waals surface area contributed by atoms with Crippen molar-refractivity contribution in [2.75, 3.05) is 5.32 Å². The fourth-order valence-corrected chi connectivity index (χ4v) is 2.59. The topological polar surface area (TPSA) is 38.3 Å². The van der Waals surface area contributed by atoms with Crippen molar-refractivity contribution in [3.05, 3.63) is 53.1 Å². The quantitative estimate of drug-likeness (QED) is 0.675. The van der Waals surface area contributed by atoms with Crippen LogP contribution in [0, 0.1) is 13.8 Å².